The number of ketones is 1. The molecule has 0 aliphatic carbocycles. The standard InChI is InChI=1S/C17H20O4/c1-3-13-9-15(18)11(2)10-21-16-6-4-12(8-14(13)16)5-7-17(19)20/h3-4,6,8,11H,5,7,9-10H2,1-2H3,(H,19,20)/b13-3-/t11-/m0/s1. The summed E-state index contributed by atoms with van der Waals surface area (Å²) in [6, 6.07) is 5.71. The number of rotatable bonds is 3. The van der Waals surface area contributed by atoms with E-state index in [0.29, 0.717) is 19.4 Å². The van der Waals surface area contributed by atoms with Crippen LogP contribution in [-0.4, -0.2) is 23.5 Å². The summed E-state index contributed by atoms with van der Waals surface area (Å²) >= 11 is 0. The Morgan fingerprint density at radius 1 is 1.48 bits per heavy atom. The lowest BCUT2D eigenvalue weighted by molar-refractivity contribution is -0.137. The molecule has 0 saturated heterocycles. The second kappa shape index (κ2) is 6.57. The normalized spacial score (nSPS) is 20.4. The van der Waals surface area contributed by atoms with Crippen LogP contribution in [0.4, 0.5) is 0 Å². The van der Waals surface area contributed by atoms with Crippen LogP contribution in [0.15, 0.2) is 24.3 Å². The Morgan fingerprint density at radius 2 is 2.24 bits per heavy atom. The number of carbonyl (C=O) groups is 2. The van der Waals surface area contributed by atoms with Crippen molar-refractivity contribution in [2.75, 3.05) is 6.61 Å². The molecular formula is C17H20O4. The summed E-state index contributed by atoms with van der Waals surface area (Å²) in [6.45, 7) is 4.17. The van der Waals surface area contributed by atoms with Crippen molar-refractivity contribution in [3.05, 3.63) is 35.4 Å². The van der Waals surface area contributed by atoms with Crippen molar-refractivity contribution in [1.29, 1.82) is 0 Å². The number of aliphatic carboxylic acids is 1. The van der Waals surface area contributed by atoms with Crippen LogP contribution in [0.5, 0.6) is 5.75 Å². The fraction of sp³-hybridized carbons (Fsp3) is 0.412. The number of carboxylic acids is 1. The van der Waals surface area contributed by atoms with Gasteiger partial charge in [0.15, 0.2) is 0 Å². The number of carbonyl (C=O) groups excluding carboxylic acids is 1. The number of Topliss-reactive ketones (excluding diaryl/α,β-unsaturated/α-hetero) is 1. The molecule has 112 valence electrons. The summed E-state index contributed by atoms with van der Waals surface area (Å²) in [5.41, 5.74) is 2.79. The van der Waals surface area contributed by atoms with E-state index in [4.69, 9.17) is 9.84 Å². The van der Waals surface area contributed by atoms with Gasteiger partial charge >= 0.3 is 5.97 Å². The highest BCUT2D eigenvalue weighted by molar-refractivity contribution is 5.93. The molecule has 2 rings (SSSR count). The molecule has 0 aromatic heterocycles. The van der Waals surface area contributed by atoms with Crippen molar-refractivity contribution in [3.8, 4) is 5.75 Å². The van der Waals surface area contributed by atoms with Gasteiger partial charge in [-0.05, 0) is 36.6 Å². The molecular weight excluding hydrogens is 268 g/mol. The first-order valence-electron chi connectivity index (χ1n) is 7.17. The van der Waals surface area contributed by atoms with E-state index in [0.717, 1.165) is 22.4 Å². The Balaban J connectivity index is 2.34. The van der Waals surface area contributed by atoms with Crippen LogP contribution in [0.2, 0.25) is 0 Å². The Hall–Kier alpha value is -2.10. The third-order valence-corrected chi connectivity index (χ3v) is 3.77. The van der Waals surface area contributed by atoms with Crippen LogP contribution < -0.4 is 4.74 Å². The van der Waals surface area contributed by atoms with Crippen molar-refractivity contribution in [1.82, 2.24) is 0 Å². The molecule has 0 radical (unpaired) electrons. The van der Waals surface area contributed by atoms with E-state index in [9.17, 15) is 9.59 Å². The number of aryl methyl sites for hydroxylation is 1. The van der Waals surface area contributed by atoms with Gasteiger partial charge in [-0.2, -0.15) is 0 Å². The highest BCUT2D eigenvalue weighted by atomic mass is 16.5. The summed E-state index contributed by atoms with van der Waals surface area (Å²) < 4.78 is 5.75. The maximum Gasteiger partial charge on any atom is 0.303 e. The largest absolute Gasteiger partial charge is 0.492 e. The predicted molar refractivity (Wildman–Crippen MR) is 80.3 cm³/mol. The average Bonchev–Trinajstić information content (AvgIpc) is 2.47. The number of ether oxygens (including phenoxy) is 1. The summed E-state index contributed by atoms with van der Waals surface area (Å²) in [6.07, 6.45) is 2.90. The number of fused-ring (bicyclic) bond motifs is 1. The van der Waals surface area contributed by atoms with Gasteiger partial charge in [0.05, 0.1) is 6.61 Å². The van der Waals surface area contributed by atoms with Gasteiger partial charge < -0.3 is 9.84 Å². The van der Waals surface area contributed by atoms with E-state index < -0.39 is 5.97 Å². The third-order valence-electron chi connectivity index (χ3n) is 3.77. The lowest BCUT2D eigenvalue weighted by Gasteiger charge is -2.21. The van der Waals surface area contributed by atoms with Gasteiger partial charge in [-0.25, -0.2) is 0 Å². The van der Waals surface area contributed by atoms with Crippen LogP contribution in [0.1, 0.15) is 37.8 Å². The van der Waals surface area contributed by atoms with Crippen LogP contribution in [0, 0.1) is 5.92 Å². The molecule has 4 heteroatoms. The van der Waals surface area contributed by atoms with Gasteiger partial charge in [0, 0.05) is 24.3 Å². The Bertz CT molecular complexity index is 586. The van der Waals surface area contributed by atoms with E-state index >= 15 is 0 Å². The molecule has 0 amide bonds. The van der Waals surface area contributed by atoms with Gasteiger partial charge in [0.25, 0.3) is 0 Å². The molecule has 21 heavy (non-hydrogen) atoms. The molecule has 1 heterocycles. The summed E-state index contributed by atoms with van der Waals surface area (Å²) in [7, 11) is 0. The minimum absolute atomic E-state index is 0.0980. The predicted octanol–water partition coefficient (Wildman–Crippen LogP) is 3.09. The van der Waals surface area contributed by atoms with Crippen LogP contribution in [0.25, 0.3) is 5.57 Å². The highest BCUT2D eigenvalue weighted by Gasteiger charge is 2.22. The maximum atomic E-state index is 12.0. The van der Waals surface area contributed by atoms with Gasteiger partial charge in [-0.3, -0.25) is 9.59 Å². The maximum absolute atomic E-state index is 12.0. The summed E-state index contributed by atoms with van der Waals surface area (Å²) in [5, 5.41) is 8.78. The summed E-state index contributed by atoms with van der Waals surface area (Å²) in [5.74, 6) is 0.0132. The van der Waals surface area contributed by atoms with Crippen LogP contribution >= 0.6 is 0 Å². The minimum atomic E-state index is -0.812. The quantitative estimate of drug-likeness (QED) is 0.928. The molecule has 1 aromatic carbocycles. The SMILES string of the molecule is C/C=C1/CC(=O)[C@@H](C)COc2ccc(CCC(=O)O)cc21. The molecule has 0 fully saturated rings. The lowest BCUT2D eigenvalue weighted by atomic mass is 9.91. The van der Waals surface area contributed by atoms with Crippen molar-refractivity contribution in [2.24, 2.45) is 5.92 Å². The second-order valence-electron chi connectivity index (χ2n) is 5.39. The zero-order valence-electron chi connectivity index (χ0n) is 12.4. The fourth-order valence-corrected chi connectivity index (χ4v) is 2.38. The Labute approximate surface area is 124 Å². The van der Waals surface area contributed by atoms with Gasteiger partial charge in [-0.15, -0.1) is 0 Å². The van der Waals surface area contributed by atoms with Gasteiger partial charge in [0.2, 0.25) is 0 Å². The molecule has 1 aliphatic rings. The van der Waals surface area contributed by atoms with E-state index in [2.05, 4.69) is 0 Å². The minimum Gasteiger partial charge on any atom is -0.492 e. The van der Waals surface area contributed by atoms with Crippen LogP contribution in [-0.2, 0) is 16.0 Å². The van der Waals surface area contributed by atoms with Crippen molar-refractivity contribution in [3.63, 3.8) is 0 Å². The van der Waals surface area contributed by atoms with Gasteiger partial charge in [0.1, 0.15) is 11.5 Å². The summed E-state index contributed by atoms with van der Waals surface area (Å²) in [4.78, 5) is 22.7. The molecule has 1 atom stereocenters. The third kappa shape index (κ3) is 3.72. The first-order chi connectivity index (χ1) is 10.0. The smallest absolute Gasteiger partial charge is 0.303 e. The van der Waals surface area contributed by atoms with Gasteiger partial charge in [-0.1, -0.05) is 19.1 Å². The molecule has 1 aliphatic heterocycles. The van der Waals surface area contributed by atoms with Crippen molar-refractivity contribution < 1.29 is 19.4 Å². The molecule has 1 N–H and O–H groups in total. The number of carboxylic acid groups (broad SMARTS) is 1. The zero-order valence-corrected chi connectivity index (χ0v) is 12.4. The molecule has 0 unspecified atom stereocenters. The van der Waals surface area contributed by atoms with E-state index in [1.54, 1.807) is 0 Å². The fourth-order valence-electron chi connectivity index (χ4n) is 2.38. The molecule has 1 aromatic rings. The van der Waals surface area contributed by atoms with Crippen LogP contribution in [0.3, 0.4) is 0 Å². The molecule has 0 saturated carbocycles. The van der Waals surface area contributed by atoms with E-state index in [1.807, 2.05) is 38.1 Å². The van der Waals surface area contributed by atoms with E-state index in [-0.39, 0.29) is 18.1 Å². The Morgan fingerprint density at radius 3 is 2.90 bits per heavy atom. The molecule has 4 nitrogen and oxygen atoms in total. The first kappa shape index (κ1) is 15.3. The van der Waals surface area contributed by atoms with Crippen molar-refractivity contribution in [2.45, 2.75) is 33.1 Å². The van der Waals surface area contributed by atoms with E-state index in [1.165, 1.54) is 0 Å². The monoisotopic (exact) mass is 288 g/mol. The van der Waals surface area contributed by atoms with Crippen molar-refractivity contribution >= 4 is 17.3 Å². The molecule has 0 spiro atoms. The number of allylic oxidation sites excluding steroid dienone is 2. The molecule has 0 bridgehead atoms. The first-order valence-corrected chi connectivity index (χ1v) is 7.17. The number of hydrogen-bond donors (Lipinski definition) is 1. The second-order valence-corrected chi connectivity index (χ2v) is 5.39. The number of benzene rings is 1. The Kier molecular flexibility index (Phi) is 4.78. The highest BCUT2D eigenvalue weighted by Crippen LogP contribution is 2.33. The lowest BCUT2D eigenvalue weighted by Crippen LogP contribution is -2.21. The topological polar surface area (TPSA) is 63.6 Å². The zero-order chi connectivity index (χ0) is 15.4. The average molecular weight is 288 g/mol. The number of hydrogen-bond acceptors (Lipinski definition) is 3.